The maximum absolute atomic E-state index is 12.8. The van der Waals surface area contributed by atoms with Crippen molar-refractivity contribution >= 4 is 0 Å². The number of aliphatic hydroxyl groups excluding tert-OH is 2. The van der Waals surface area contributed by atoms with Gasteiger partial charge < -0.3 is 29.2 Å². The Morgan fingerprint density at radius 1 is 0.355 bits per heavy atom. The van der Waals surface area contributed by atoms with Gasteiger partial charge in [-0.05, 0) is 47.9 Å². The van der Waals surface area contributed by atoms with E-state index in [0.29, 0.717) is 26.1 Å². The average Bonchev–Trinajstić information content (AvgIpc) is 3.49. The molecule has 6 heteroatoms. The van der Waals surface area contributed by atoms with E-state index in [4.69, 9.17) is 18.9 Å². The molecule has 0 aliphatic carbocycles. The van der Waals surface area contributed by atoms with Crippen LogP contribution in [0, 0.1) is 0 Å². The second-order valence-corrected chi connectivity index (χ2v) is 22.2. The van der Waals surface area contributed by atoms with Crippen molar-refractivity contribution in [2.45, 2.75) is 269 Å². The van der Waals surface area contributed by atoms with Gasteiger partial charge in [-0.1, -0.05) is 328 Å². The molecule has 0 spiro atoms. The van der Waals surface area contributed by atoms with Crippen LogP contribution in [0.4, 0.5) is 0 Å². The third-order valence-corrected chi connectivity index (χ3v) is 15.7. The summed E-state index contributed by atoms with van der Waals surface area (Å²) >= 11 is 0. The second kappa shape index (κ2) is 43.5. The lowest BCUT2D eigenvalue weighted by Crippen LogP contribution is -2.57. The molecule has 0 aliphatic rings. The molecule has 0 saturated carbocycles. The van der Waals surface area contributed by atoms with Crippen molar-refractivity contribution in [3.8, 4) is 0 Å². The molecule has 4 aromatic carbocycles. The molecule has 0 bridgehead atoms. The van der Waals surface area contributed by atoms with E-state index in [2.05, 4.69) is 50.2 Å². The normalized spacial score (nSPS) is 13.5. The first-order valence-corrected chi connectivity index (χ1v) is 31.6. The van der Waals surface area contributed by atoms with Crippen LogP contribution in [-0.4, -0.2) is 54.6 Å². The maximum Gasteiger partial charge on any atom is 0.201 e. The molecule has 2 N–H and O–H groups in total. The minimum atomic E-state index is -1.71. The van der Waals surface area contributed by atoms with Crippen LogP contribution in [0.5, 0.6) is 0 Å². The summed E-state index contributed by atoms with van der Waals surface area (Å²) in [7, 11) is 0. The predicted octanol–water partition coefficient (Wildman–Crippen LogP) is 19.4. The minimum absolute atomic E-state index is 0.167. The van der Waals surface area contributed by atoms with E-state index in [1.165, 1.54) is 186 Å². The fourth-order valence-electron chi connectivity index (χ4n) is 10.9. The second-order valence-electron chi connectivity index (χ2n) is 22.2. The maximum atomic E-state index is 12.8. The molecule has 426 valence electrons. The van der Waals surface area contributed by atoms with Gasteiger partial charge in [-0.2, -0.15) is 0 Å². The van der Waals surface area contributed by atoms with Crippen LogP contribution >= 0.6 is 0 Å². The van der Waals surface area contributed by atoms with Crippen molar-refractivity contribution in [1.29, 1.82) is 0 Å². The van der Waals surface area contributed by atoms with Crippen molar-refractivity contribution in [2.24, 2.45) is 0 Å². The molecular formula is C70H110O6. The summed E-state index contributed by atoms with van der Waals surface area (Å²) in [5.74, 6) is -1.71. The summed E-state index contributed by atoms with van der Waals surface area (Å²) in [6.45, 7) is 6.88. The van der Waals surface area contributed by atoms with Crippen LogP contribution < -0.4 is 0 Å². The number of ether oxygens (including phenoxy) is 4. The van der Waals surface area contributed by atoms with E-state index in [9.17, 15) is 10.2 Å². The van der Waals surface area contributed by atoms with Gasteiger partial charge in [0.05, 0.1) is 19.3 Å². The Balaban J connectivity index is 1.35. The lowest BCUT2D eigenvalue weighted by molar-refractivity contribution is -0.337. The van der Waals surface area contributed by atoms with E-state index >= 15 is 0 Å². The van der Waals surface area contributed by atoms with Crippen LogP contribution in [-0.2, 0) is 31.2 Å². The molecule has 3 unspecified atom stereocenters. The Labute approximate surface area is 465 Å². The van der Waals surface area contributed by atoms with Crippen molar-refractivity contribution in [3.05, 3.63) is 144 Å². The third kappa shape index (κ3) is 27.0. The number of hydrogen-bond donors (Lipinski definition) is 2. The van der Waals surface area contributed by atoms with E-state index in [0.717, 1.165) is 48.1 Å². The zero-order valence-electron chi connectivity index (χ0n) is 48.5. The van der Waals surface area contributed by atoms with Gasteiger partial charge in [0, 0.05) is 26.2 Å². The molecule has 6 nitrogen and oxygen atoms in total. The highest BCUT2D eigenvalue weighted by Crippen LogP contribution is 2.46. The molecule has 0 radical (unpaired) electrons. The van der Waals surface area contributed by atoms with E-state index < -0.39 is 23.6 Å². The largest absolute Gasteiger partial charge is 0.390 e. The first kappa shape index (κ1) is 65.2. The molecule has 0 aromatic heterocycles. The van der Waals surface area contributed by atoms with E-state index in [1.54, 1.807) is 0 Å². The van der Waals surface area contributed by atoms with Crippen molar-refractivity contribution in [3.63, 3.8) is 0 Å². The Kier molecular flexibility index (Phi) is 37.3. The molecule has 0 heterocycles. The van der Waals surface area contributed by atoms with Crippen molar-refractivity contribution < 1.29 is 29.2 Å². The van der Waals surface area contributed by atoms with E-state index in [1.807, 2.05) is 84.9 Å². The summed E-state index contributed by atoms with van der Waals surface area (Å²) in [6.07, 6.45) is 41.2. The van der Waals surface area contributed by atoms with Crippen molar-refractivity contribution in [2.75, 3.05) is 26.4 Å². The smallest absolute Gasteiger partial charge is 0.201 e. The fourth-order valence-corrected chi connectivity index (χ4v) is 10.9. The highest BCUT2D eigenvalue weighted by atomic mass is 16.7. The van der Waals surface area contributed by atoms with Crippen LogP contribution in [0.25, 0.3) is 0 Å². The molecule has 4 rings (SSSR count). The Morgan fingerprint density at radius 3 is 1.01 bits per heavy atom. The first-order valence-electron chi connectivity index (χ1n) is 31.6. The summed E-state index contributed by atoms with van der Waals surface area (Å²) < 4.78 is 27.4. The molecule has 4 aromatic rings. The van der Waals surface area contributed by atoms with Crippen molar-refractivity contribution in [1.82, 2.24) is 0 Å². The predicted molar refractivity (Wildman–Crippen MR) is 321 cm³/mol. The minimum Gasteiger partial charge on any atom is -0.390 e. The van der Waals surface area contributed by atoms with Crippen LogP contribution in [0.2, 0.25) is 0 Å². The van der Waals surface area contributed by atoms with Gasteiger partial charge in [-0.25, -0.2) is 0 Å². The molecule has 0 saturated heterocycles. The first-order chi connectivity index (χ1) is 37.6. The quantitative estimate of drug-likeness (QED) is 0.0261. The lowest BCUT2D eigenvalue weighted by Gasteiger charge is -2.47. The van der Waals surface area contributed by atoms with Crippen LogP contribution in [0.3, 0.4) is 0 Å². The number of aliphatic hydroxyl groups is 2. The van der Waals surface area contributed by atoms with E-state index in [-0.39, 0.29) is 19.6 Å². The summed E-state index contributed by atoms with van der Waals surface area (Å²) in [5, 5.41) is 25.0. The number of hydrogen-bond acceptors (Lipinski definition) is 6. The third-order valence-electron chi connectivity index (χ3n) is 15.7. The molecular weight excluding hydrogens is 937 g/mol. The Hall–Kier alpha value is -3.36. The lowest BCUT2D eigenvalue weighted by atomic mass is 9.79. The highest BCUT2D eigenvalue weighted by Gasteiger charge is 2.52. The van der Waals surface area contributed by atoms with Crippen LogP contribution in [0.1, 0.15) is 261 Å². The zero-order chi connectivity index (χ0) is 53.7. The van der Waals surface area contributed by atoms with Gasteiger partial charge >= 0.3 is 0 Å². The van der Waals surface area contributed by atoms with Gasteiger partial charge in [0.25, 0.3) is 0 Å². The molecule has 0 aliphatic heterocycles. The Bertz CT molecular complexity index is 1760. The molecule has 76 heavy (non-hydrogen) atoms. The zero-order valence-corrected chi connectivity index (χ0v) is 48.5. The fraction of sp³-hybridized carbons (Fsp3) is 0.657. The summed E-state index contributed by atoms with van der Waals surface area (Å²) in [5.41, 5.74) is 2.37. The highest BCUT2D eigenvalue weighted by molar-refractivity contribution is 5.47. The Morgan fingerprint density at radius 2 is 0.658 bits per heavy atom. The van der Waals surface area contributed by atoms with Gasteiger partial charge in [0.2, 0.25) is 5.79 Å². The number of benzene rings is 4. The number of unbranched alkanes of at least 4 members (excludes halogenated alkanes) is 30. The topological polar surface area (TPSA) is 77.4 Å². The molecule has 3 atom stereocenters. The summed E-state index contributed by atoms with van der Waals surface area (Å²) in [6, 6.07) is 40.7. The SMILES string of the molecule is CCCCCCCCCCCCCCCCCCOCCCC(O)C(O)C(CCOCCCCCCCCCCCCCCCCCC)(OCc1ccccc1)OC(c1ccccc1)(c1ccccc1)c1ccccc1. The molecule has 0 fully saturated rings. The summed E-state index contributed by atoms with van der Waals surface area (Å²) in [4.78, 5) is 0. The van der Waals surface area contributed by atoms with Gasteiger partial charge in [-0.3, -0.25) is 0 Å². The molecule has 0 amide bonds. The van der Waals surface area contributed by atoms with Crippen LogP contribution in [0.15, 0.2) is 121 Å². The number of rotatable bonds is 51. The standard InChI is InChI=1S/C70H110O6/c1-3-5-7-9-11-13-15-17-19-21-23-25-27-29-31-45-58-73-60-47-56-67(71)68(72)69(75-62-63-48-37-33-38-49-63,57-61-74-59-46-32-30-28-26-24-22-20-18-16-14-12-10-8-6-4-2)76-70(64-50-39-34-40-51-64,65-52-41-35-42-53-65)66-54-43-36-44-55-66/h33-44,48-55,67-68,71-72H,3-32,45-47,56-62H2,1-2H3. The van der Waals surface area contributed by atoms with Gasteiger partial charge in [-0.15, -0.1) is 0 Å². The average molecular weight is 1050 g/mol. The monoisotopic (exact) mass is 1050 g/mol. The van der Waals surface area contributed by atoms with Gasteiger partial charge in [0.15, 0.2) is 0 Å². The van der Waals surface area contributed by atoms with Gasteiger partial charge in [0.1, 0.15) is 11.7 Å².